The van der Waals surface area contributed by atoms with Gasteiger partial charge in [0.2, 0.25) is 0 Å². The van der Waals surface area contributed by atoms with Crippen LogP contribution in [0.25, 0.3) is 0 Å². The molecule has 0 aromatic heterocycles. The van der Waals surface area contributed by atoms with Crippen LogP contribution in [0.1, 0.15) is 11.1 Å². The van der Waals surface area contributed by atoms with Crippen LogP contribution in [0.15, 0.2) is 48.5 Å². The standard InChI is InChI=1S/C21H23N3O4/c1-23(2)18-10-8-16(9-11-18)13-24(3)20(25)14-28-21(26)15-27-19-7-5-4-6-17(19)12-22/h4-11H,13-15H2,1-3H3. The van der Waals surface area contributed by atoms with Gasteiger partial charge >= 0.3 is 5.97 Å². The molecule has 7 nitrogen and oxygen atoms in total. The van der Waals surface area contributed by atoms with E-state index in [1.54, 1.807) is 31.3 Å². The van der Waals surface area contributed by atoms with E-state index in [0.29, 0.717) is 17.9 Å². The molecule has 0 N–H and O–H groups in total. The molecule has 2 aromatic rings. The first-order valence-electron chi connectivity index (χ1n) is 8.68. The van der Waals surface area contributed by atoms with Gasteiger partial charge in [-0.3, -0.25) is 4.79 Å². The summed E-state index contributed by atoms with van der Waals surface area (Å²) >= 11 is 0. The average Bonchev–Trinajstić information content (AvgIpc) is 2.70. The minimum absolute atomic E-state index is 0.298. The number of anilines is 1. The maximum atomic E-state index is 12.2. The summed E-state index contributed by atoms with van der Waals surface area (Å²) in [5.41, 5.74) is 2.38. The van der Waals surface area contributed by atoms with E-state index in [1.165, 1.54) is 4.90 Å². The number of nitrogens with zero attached hydrogens (tertiary/aromatic N) is 3. The second-order valence-corrected chi connectivity index (χ2v) is 6.37. The van der Waals surface area contributed by atoms with Crippen LogP contribution in [0.2, 0.25) is 0 Å². The van der Waals surface area contributed by atoms with Crippen molar-refractivity contribution in [1.29, 1.82) is 5.26 Å². The Balaban J connectivity index is 1.77. The lowest BCUT2D eigenvalue weighted by Crippen LogP contribution is -2.31. The van der Waals surface area contributed by atoms with Crippen molar-refractivity contribution in [3.63, 3.8) is 0 Å². The third-order valence-corrected chi connectivity index (χ3v) is 4.01. The van der Waals surface area contributed by atoms with Gasteiger partial charge in [-0.15, -0.1) is 0 Å². The molecule has 0 aliphatic carbocycles. The van der Waals surface area contributed by atoms with Gasteiger partial charge in [0.05, 0.1) is 5.56 Å². The fourth-order valence-electron chi connectivity index (χ4n) is 2.38. The number of para-hydroxylation sites is 1. The summed E-state index contributed by atoms with van der Waals surface area (Å²) in [5.74, 6) is -0.696. The molecule has 0 heterocycles. The van der Waals surface area contributed by atoms with Gasteiger partial charge in [0.25, 0.3) is 5.91 Å². The average molecular weight is 381 g/mol. The third-order valence-electron chi connectivity index (χ3n) is 4.01. The smallest absolute Gasteiger partial charge is 0.344 e. The van der Waals surface area contributed by atoms with Gasteiger partial charge in [0.1, 0.15) is 11.8 Å². The number of carbonyl (C=O) groups is 2. The fourth-order valence-corrected chi connectivity index (χ4v) is 2.38. The van der Waals surface area contributed by atoms with Crippen LogP contribution in [-0.2, 0) is 20.9 Å². The SMILES string of the molecule is CN(Cc1ccc(N(C)C)cc1)C(=O)COC(=O)COc1ccccc1C#N. The highest BCUT2D eigenvalue weighted by molar-refractivity contribution is 5.80. The number of hydrogen-bond donors (Lipinski definition) is 0. The highest BCUT2D eigenvalue weighted by Crippen LogP contribution is 2.16. The van der Waals surface area contributed by atoms with Crippen LogP contribution < -0.4 is 9.64 Å². The molecular formula is C21H23N3O4. The second kappa shape index (κ2) is 9.97. The van der Waals surface area contributed by atoms with Crippen molar-refractivity contribution in [2.75, 3.05) is 39.3 Å². The van der Waals surface area contributed by atoms with Crippen molar-refractivity contribution in [1.82, 2.24) is 4.90 Å². The maximum Gasteiger partial charge on any atom is 0.344 e. The molecule has 2 rings (SSSR count). The molecule has 0 unspecified atom stereocenters. The summed E-state index contributed by atoms with van der Waals surface area (Å²) in [7, 11) is 5.57. The molecule has 0 radical (unpaired) electrons. The molecular weight excluding hydrogens is 358 g/mol. The molecule has 0 saturated heterocycles. The molecule has 2 aromatic carbocycles. The fraction of sp³-hybridized carbons (Fsp3) is 0.286. The summed E-state index contributed by atoms with van der Waals surface area (Å²) in [6.07, 6.45) is 0. The van der Waals surface area contributed by atoms with E-state index >= 15 is 0 Å². The molecule has 0 aliphatic heterocycles. The molecule has 28 heavy (non-hydrogen) atoms. The second-order valence-electron chi connectivity index (χ2n) is 6.37. The maximum absolute atomic E-state index is 12.2. The van der Waals surface area contributed by atoms with Crippen molar-refractivity contribution in [3.8, 4) is 11.8 Å². The number of rotatable bonds is 8. The lowest BCUT2D eigenvalue weighted by Gasteiger charge is -2.18. The Labute approximate surface area is 164 Å². The van der Waals surface area contributed by atoms with Gasteiger partial charge in [-0.25, -0.2) is 4.79 Å². The van der Waals surface area contributed by atoms with Crippen molar-refractivity contribution < 1.29 is 19.1 Å². The normalized spacial score (nSPS) is 9.93. The lowest BCUT2D eigenvalue weighted by molar-refractivity contribution is -0.153. The Hall–Kier alpha value is -3.53. The van der Waals surface area contributed by atoms with Gasteiger partial charge in [-0.1, -0.05) is 24.3 Å². The molecule has 0 fully saturated rings. The molecule has 0 spiro atoms. The first-order valence-corrected chi connectivity index (χ1v) is 8.68. The Morgan fingerprint density at radius 3 is 2.32 bits per heavy atom. The van der Waals surface area contributed by atoms with E-state index in [4.69, 9.17) is 14.7 Å². The molecule has 146 valence electrons. The zero-order valence-electron chi connectivity index (χ0n) is 16.2. The molecule has 0 aliphatic rings. The van der Waals surface area contributed by atoms with Crippen LogP contribution in [-0.4, -0.2) is 51.1 Å². The molecule has 0 saturated carbocycles. The Morgan fingerprint density at radius 2 is 1.68 bits per heavy atom. The summed E-state index contributed by atoms with van der Waals surface area (Å²) in [5, 5.41) is 8.99. The lowest BCUT2D eigenvalue weighted by atomic mass is 10.2. The number of likely N-dealkylation sites (N-methyl/N-ethyl adjacent to an activating group) is 1. The van der Waals surface area contributed by atoms with Crippen molar-refractivity contribution in [2.24, 2.45) is 0 Å². The van der Waals surface area contributed by atoms with Crippen molar-refractivity contribution >= 4 is 17.6 Å². The first kappa shape index (κ1) is 20.8. The monoisotopic (exact) mass is 381 g/mol. The van der Waals surface area contributed by atoms with Crippen LogP contribution >= 0.6 is 0 Å². The minimum atomic E-state index is -0.676. The van der Waals surface area contributed by atoms with Crippen LogP contribution in [0, 0.1) is 11.3 Å². The summed E-state index contributed by atoms with van der Waals surface area (Å²) < 4.78 is 10.2. The molecule has 7 heteroatoms. The minimum Gasteiger partial charge on any atom is -0.481 e. The largest absolute Gasteiger partial charge is 0.481 e. The number of ether oxygens (including phenoxy) is 2. The van der Waals surface area contributed by atoms with E-state index < -0.39 is 5.97 Å². The van der Waals surface area contributed by atoms with E-state index in [-0.39, 0.29) is 19.1 Å². The Morgan fingerprint density at radius 1 is 1.00 bits per heavy atom. The van der Waals surface area contributed by atoms with Crippen LogP contribution in [0.5, 0.6) is 5.75 Å². The first-order chi connectivity index (χ1) is 13.4. The van der Waals surface area contributed by atoms with E-state index in [1.807, 2.05) is 49.3 Å². The van der Waals surface area contributed by atoms with Gasteiger partial charge < -0.3 is 19.3 Å². The van der Waals surface area contributed by atoms with Crippen LogP contribution in [0.3, 0.4) is 0 Å². The predicted octanol–water partition coefficient (Wildman–Crippen LogP) is 2.20. The third kappa shape index (κ3) is 6.02. The van der Waals surface area contributed by atoms with E-state index in [9.17, 15) is 9.59 Å². The Kier molecular flexibility index (Phi) is 7.40. The number of carbonyl (C=O) groups excluding carboxylic acids is 2. The quantitative estimate of drug-likeness (QED) is 0.652. The van der Waals surface area contributed by atoms with Gasteiger partial charge in [0, 0.05) is 33.4 Å². The molecule has 0 atom stereocenters. The highest BCUT2D eigenvalue weighted by Gasteiger charge is 2.14. The van der Waals surface area contributed by atoms with Crippen LogP contribution in [0.4, 0.5) is 5.69 Å². The number of esters is 1. The zero-order valence-corrected chi connectivity index (χ0v) is 16.2. The number of hydrogen-bond acceptors (Lipinski definition) is 6. The van der Waals surface area contributed by atoms with Gasteiger partial charge in [-0.05, 0) is 29.8 Å². The van der Waals surface area contributed by atoms with E-state index in [0.717, 1.165) is 11.3 Å². The Bertz CT molecular complexity index is 857. The summed E-state index contributed by atoms with van der Waals surface area (Å²) in [6, 6.07) is 16.4. The van der Waals surface area contributed by atoms with Gasteiger partial charge in [-0.2, -0.15) is 5.26 Å². The molecule has 1 amide bonds. The van der Waals surface area contributed by atoms with Gasteiger partial charge in [0.15, 0.2) is 13.2 Å². The summed E-state index contributed by atoms with van der Waals surface area (Å²) in [4.78, 5) is 27.4. The molecule has 0 bridgehead atoms. The number of amides is 1. The highest BCUT2D eigenvalue weighted by atomic mass is 16.6. The zero-order chi connectivity index (χ0) is 20.5. The number of benzene rings is 2. The van der Waals surface area contributed by atoms with Crippen molar-refractivity contribution in [2.45, 2.75) is 6.54 Å². The topological polar surface area (TPSA) is 82.9 Å². The predicted molar refractivity (Wildman–Crippen MR) is 105 cm³/mol. The van der Waals surface area contributed by atoms with E-state index in [2.05, 4.69) is 0 Å². The number of nitriles is 1. The van der Waals surface area contributed by atoms with Crippen molar-refractivity contribution in [3.05, 3.63) is 59.7 Å². The summed E-state index contributed by atoms with van der Waals surface area (Å²) in [6.45, 7) is -0.327.